The lowest BCUT2D eigenvalue weighted by Gasteiger charge is -2.34. The van der Waals surface area contributed by atoms with Crippen LogP contribution >= 0.6 is 0 Å². The number of carboxylic acids is 1. The van der Waals surface area contributed by atoms with Gasteiger partial charge >= 0.3 is 5.97 Å². The number of aromatic nitrogens is 2. The van der Waals surface area contributed by atoms with Gasteiger partial charge in [-0.3, -0.25) is 4.79 Å². The maximum Gasteiger partial charge on any atom is 0.329 e. The maximum atomic E-state index is 11.4. The molecule has 1 fully saturated rings. The van der Waals surface area contributed by atoms with Crippen LogP contribution in [0.1, 0.15) is 12.8 Å². The van der Waals surface area contributed by atoms with E-state index in [-0.39, 0.29) is 24.3 Å². The molecule has 0 spiro atoms. The molecule has 8 nitrogen and oxygen atoms in total. The topological polar surface area (TPSA) is 130 Å². The molecular weight excluding hydrogens is 240 g/mol. The summed E-state index contributed by atoms with van der Waals surface area (Å²) in [5.74, 6) is -0.921. The van der Waals surface area contributed by atoms with Gasteiger partial charge in [0, 0.05) is 26.1 Å². The van der Waals surface area contributed by atoms with Gasteiger partial charge in [0.1, 0.15) is 11.2 Å². The van der Waals surface area contributed by atoms with Crippen LogP contribution in [-0.4, -0.2) is 39.8 Å². The first-order chi connectivity index (χ1) is 8.55. The van der Waals surface area contributed by atoms with Crippen LogP contribution in [0.3, 0.4) is 0 Å². The standard InChI is InChI=1S/C10H14N4O4/c11-6-7(12-5-13-8(6)15)14-10(9(16)17)1-3-18-4-2-10/h5H,1-4,11H2,(H,16,17)(H2,12,13,14,15). The number of ether oxygens (including phenoxy) is 1. The Morgan fingerprint density at radius 3 is 2.83 bits per heavy atom. The number of nitrogens with zero attached hydrogens (tertiary/aromatic N) is 1. The molecule has 2 rings (SSSR count). The first kappa shape index (κ1) is 12.4. The maximum absolute atomic E-state index is 11.4. The summed E-state index contributed by atoms with van der Waals surface area (Å²) in [6, 6.07) is 0. The van der Waals surface area contributed by atoms with E-state index in [2.05, 4.69) is 15.3 Å². The van der Waals surface area contributed by atoms with Gasteiger partial charge in [0.15, 0.2) is 5.82 Å². The molecule has 1 saturated heterocycles. The summed E-state index contributed by atoms with van der Waals surface area (Å²) in [6.07, 6.45) is 1.75. The van der Waals surface area contributed by atoms with Gasteiger partial charge in [-0.1, -0.05) is 0 Å². The van der Waals surface area contributed by atoms with Crippen molar-refractivity contribution in [3.63, 3.8) is 0 Å². The molecule has 8 heteroatoms. The summed E-state index contributed by atoms with van der Waals surface area (Å²) >= 11 is 0. The van der Waals surface area contributed by atoms with E-state index in [4.69, 9.17) is 10.5 Å². The molecule has 2 heterocycles. The Kier molecular flexibility index (Phi) is 3.19. The second-order valence-corrected chi connectivity index (χ2v) is 4.12. The molecule has 0 atom stereocenters. The van der Waals surface area contributed by atoms with E-state index in [9.17, 15) is 14.7 Å². The van der Waals surface area contributed by atoms with Crippen LogP contribution in [0.5, 0.6) is 0 Å². The van der Waals surface area contributed by atoms with Crippen LogP contribution in [0.2, 0.25) is 0 Å². The van der Waals surface area contributed by atoms with Crippen LogP contribution in [-0.2, 0) is 9.53 Å². The number of H-pyrrole nitrogens is 1. The van der Waals surface area contributed by atoms with Crippen molar-refractivity contribution in [1.82, 2.24) is 9.97 Å². The molecule has 18 heavy (non-hydrogen) atoms. The van der Waals surface area contributed by atoms with Crippen LogP contribution < -0.4 is 16.6 Å². The lowest BCUT2D eigenvalue weighted by atomic mass is 9.90. The Balaban J connectivity index is 2.32. The molecular formula is C10H14N4O4. The van der Waals surface area contributed by atoms with Crippen molar-refractivity contribution in [3.05, 3.63) is 16.7 Å². The molecule has 1 aliphatic heterocycles. The number of hydrogen-bond donors (Lipinski definition) is 4. The van der Waals surface area contributed by atoms with Gasteiger partial charge in [-0.15, -0.1) is 0 Å². The summed E-state index contributed by atoms with van der Waals surface area (Å²) in [4.78, 5) is 28.9. The van der Waals surface area contributed by atoms with Gasteiger partial charge in [-0.25, -0.2) is 9.78 Å². The number of anilines is 2. The highest BCUT2D eigenvalue weighted by atomic mass is 16.5. The van der Waals surface area contributed by atoms with E-state index >= 15 is 0 Å². The number of hydrogen-bond acceptors (Lipinski definition) is 6. The van der Waals surface area contributed by atoms with E-state index in [0.717, 1.165) is 0 Å². The summed E-state index contributed by atoms with van der Waals surface area (Å²) in [5.41, 5.74) is 3.76. The average molecular weight is 254 g/mol. The van der Waals surface area contributed by atoms with Gasteiger partial charge in [-0.05, 0) is 0 Å². The number of aromatic amines is 1. The second kappa shape index (κ2) is 4.65. The molecule has 0 aliphatic carbocycles. The average Bonchev–Trinajstić information content (AvgIpc) is 2.36. The number of carboxylic acid groups (broad SMARTS) is 1. The normalized spacial score (nSPS) is 18.2. The molecule has 0 unspecified atom stereocenters. The Labute approximate surface area is 102 Å². The highest BCUT2D eigenvalue weighted by Gasteiger charge is 2.41. The second-order valence-electron chi connectivity index (χ2n) is 4.12. The number of nitrogens with two attached hydrogens (primary N) is 1. The minimum Gasteiger partial charge on any atom is -0.480 e. The summed E-state index contributed by atoms with van der Waals surface area (Å²) in [6.45, 7) is 0.671. The highest BCUT2D eigenvalue weighted by molar-refractivity contribution is 5.83. The Morgan fingerprint density at radius 2 is 2.22 bits per heavy atom. The van der Waals surface area contributed by atoms with E-state index < -0.39 is 17.1 Å². The summed E-state index contributed by atoms with van der Waals surface area (Å²) < 4.78 is 5.14. The molecule has 1 aromatic rings. The minimum absolute atomic E-state index is 0.0862. The Bertz CT molecular complexity index is 507. The fourth-order valence-electron chi connectivity index (χ4n) is 1.85. The van der Waals surface area contributed by atoms with Crippen LogP contribution in [0.4, 0.5) is 11.5 Å². The van der Waals surface area contributed by atoms with Gasteiger partial charge < -0.3 is 25.9 Å². The van der Waals surface area contributed by atoms with Crippen LogP contribution in [0.25, 0.3) is 0 Å². The summed E-state index contributed by atoms with van der Waals surface area (Å²) in [7, 11) is 0. The van der Waals surface area contributed by atoms with Crippen LogP contribution in [0, 0.1) is 0 Å². The van der Waals surface area contributed by atoms with E-state index in [0.29, 0.717) is 13.2 Å². The predicted octanol–water partition coefficient (Wildman–Crippen LogP) is -0.602. The first-order valence-electron chi connectivity index (χ1n) is 5.48. The third-order valence-electron chi connectivity index (χ3n) is 3.00. The largest absolute Gasteiger partial charge is 0.480 e. The zero-order valence-electron chi connectivity index (χ0n) is 9.60. The predicted molar refractivity (Wildman–Crippen MR) is 63.3 cm³/mol. The third-order valence-corrected chi connectivity index (χ3v) is 3.00. The smallest absolute Gasteiger partial charge is 0.329 e. The number of rotatable bonds is 3. The molecule has 0 aromatic carbocycles. The fraction of sp³-hybridized carbons (Fsp3) is 0.500. The first-order valence-corrected chi connectivity index (χ1v) is 5.48. The van der Waals surface area contributed by atoms with Gasteiger partial charge in [-0.2, -0.15) is 0 Å². The molecule has 5 N–H and O–H groups in total. The van der Waals surface area contributed by atoms with Crippen molar-refractivity contribution < 1.29 is 14.6 Å². The van der Waals surface area contributed by atoms with Crippen molar-refractivity contribution in [2.24, 2.45) is 0 Å². The van der Waals surface area contributed by atoms with Crippen molar-refractivity contribution in [1.29, 1.82) is 0 Å². The number of carbonyl (C=O) groups is 1. The number of nitrogen functional groups attached to an aromatic ring is 1. The third kappa shape index (κ3) is 2.14. The zero-order chi connectivity index (χ0) is 13.2. The van der Waals surface area contributed by atoms with E-state index in [1.54, 1.807) is 0 Å². The number of nitrogens with one attached hydrogen (secondary N) is 2. The lowest BCUT2D eigenvalue weighted by molar-refractivity contribution is -0.145. The Morgan fingerprint density at radius 1 is 1.56 bits per heavy atom. The molecule has 0 bridgehead atoms. The molecule has 0 saturated carbocycles. The monoisotopic (exact) mass is 254 g/mol. The SMILES string of the molecule is Nc1c(NC2(C(=O)O)CCOCC2)nc[nH]c1=O. The van der Waals surface area contributed by atoms with Crippen LogP contribution in [0.15, 0.2) is 11.1 Å². The van der Waals surface area contributed by atoms with Crippen molar-refractivity contribution in [3.8, 4) is 0 Å². The Hall–Kier alpha value is -2.09. The van der Waals surface area contributed by atoms with Crippen molar-refractivity contribution in [2.45, 2.75) is 18.4 Å². The molecule has 0 amide bonds. The molecule has 1 aliphatic rings. The molecule has 0 radical (unpaired) electrons. The molecule has 98 valence electrons. The van der Waals surface area contributed by atoms with E-state index in [1.807, 2.05) is 0 Å². The number of aliphatic carboxylic acids is 1. The summed E-state index contributed by atoms with van der Waals surface area (Å²) in [5, 5.41) is 12.1. The molecule has 1 aromatic heterocycles. The lowest BCUT2D eigenvalue weighted by Crippen LogP contribution is -2.51. The van der Waals surface area contributed by atoms with Crippen molar-refractivity contribution >= 4 is 17.5 Å². The minimum atomic E-state index is -1.19. The quantitative estimate of drug-likeness (QED) is 0.566. The van der Waals surface area contributed by atoms with Gasteiger partial charge in [0.05, 0.1) is 6.33 Å². The highest BCUT2D eigenvalue weighted by Crippen LogP contribution is 2.26. The van der Waals surface area contributed by atoms with E-state index in [1.165, 1.54) is 6.33 Å². The fourth-order valence-corrected chi connectivity index (χ4v) is 1.85. The van der Waals surface area contributed by atoms with Crippen molar-refractivity contribution in [2.75, 3.05) is 24.3 Å². The van der Waals surface area contributed by atoms with Gasteiger partial charge in [0.25, 0.3) is 5.56 Å². The zero-order valence-corrected chi connectivity index (χ0v) is 9.60. The van der Waals surface area contributed by atoms with Gasteiger partial charge in [0.2, 0.25) is 0 Å².